The lowest BCUT2D eigenvalue weighted by Gasteiger charge is -2.52. The molecule has 5 nitrogen and oxygen atoms in total. The molecule has 170 valence electrons. The van der Waals surface area contributed by atoms with Gasteiger partial charge in [-0.1, -0.05) is 55.5 Å². The fourth-order valence-corrected chi connectivity index (χ4v) is 6.58. The van der Waals surface area contributed by atoms with Crippen molar-refractivity contribution in [2.75, 3.05) is 11.5 Å². The maximum Gasteiger partial charge on any atom is 0.239 e. The minimum Gasteiger partial charge on any atom is -0.492 e. The van der Waals surface area contributed by atoms with Crippen molar-refractivity contribution in [3.63, 3.8) is 0 Å². The third kappa shape index (κ3) is 2.47. The van der Waals surface area contributed by atoms with E-state index in [9.17, 15) is 14.4 Å². The van der Waals surface area contributed by atoms with Gasteiger partial charge in [0.1, 0.15) is 5.75 Å². The molecule has 34 heavy (non-hydrogen) atoms. The quantitative estimate of drug-likeness (QED) is 0.420. The van der Waals surface area contributed by atoms with Crippen LogP contribution in [0.1, 0.15) is 59.3 Å². The molecule has 5 heteroatoms. The summed E-state index contributed by atoms with van der Waals surface area (Å²) in [7, 11) is 0. The van der Waals surface area contributed by atoms with Gasteiger partial charge in [0.25, 0.3) is 0 Å². The number of carbonyl (C=O) groups is 3. The van der Waals surface area contributed by atoms with Crippen LogP contribution in [0.25, 0.3) is 0 Å². The number of hydrogen-bond acceptors (Lipinski definition) is 4. The van der Waals surface area contributed by atoms with E-state index in [-0.39, 0.29) is 23.5 Å². The third-order valence-corrected chi connectivity index (χ3v) is 7.95. The predicted molar refractivity (Wildman–Crippen MR) is 128 cm³/mol. The lowest BCUT2D eigenvalue weighted by molar-refractivity contribution is -0.123. The summed E-state index contributed by atoms with van der Waals surface area (Å²) in [6.45, 7) is 5.81. The zero-order valence-electron chi connectivity index (χ0n) is 19.4. The highest BCUT2D eigenvalue weighted by Gasteiger charge is 2.66. The molecule has 3 aromatic carbocycles. The first-order chi connectivity index (χ1) is 16.4. The molecule has 3 aromatic rings. The highest BCUT2D eigenvalue weighted by molar-refractivity contribution is 6.24. The summed E-state index contributed by atoms with van der Waals surface area (Å²) < 4.78 is 5.79. The number of imide groups is 1. The van der Waals surface area contributed by atoms with E-state index in [2.05, 4.69) is 31.2 Å². The molecule has 4 aliphatic rings. The summed E-state index contributed by atoms with van der Waals surface area (Å²) in [4.78, 5) is 41.7. The number of anilines is 1. The van der Waals surface area contributed by atoms with Crippen molar-refractivity contribution >= 4 is 23.3 Å². The molecule has 2 bridgehead atoms. The first-order valence-corrected chi connectivity index (χ1v) is 11.7. The molecule has 1 heterocycles. The van der Waals surface area contributed by atoms with Crippen LogP contribution in [0.5, 0.6) is 5.75 Å². The molecule has 2 amide bonds. The lowest BCUT2D eigenvalue weighted by atomic mass is 9.48. The average Bonchev–Trinajstić information content (AvgIpc) is 3.11. The van der Waals surface area contributed by atoms with Crippen molar-refractivity contribution in [2.45, 2.75) is 32.1 Å². The molecule has 7 rings (SSSR count). The molecule has 0 saturated carbocycles. The van der Waals surface area contributed by atoms with Gasteiger partial charge in [-0.05, 0) is 54.3 Å². The van der Waals surface area contributed by atoms with E-state index < -0.39 is 17.3 Å². The van der Waals surface area contributed by atoms with Crippen molar-refractivity contribution in [1.29, 1.82) is 0 Å². The Morgan fingerprint density at radius 2 is 1.56 bits per heavy atom. The van der Waals surface area contributed by atoms with Crippen LogP contribution < -0.4 is 9.64 Å². The molecule has 0 aromatic heterocycles. The number of Topliss-reactive ketones (excluding diaryl/α,β-unsaturated/α-hetero) is 1. The van der Waals surface area contributed by atoms with E-state index in [1.165, 1.54) is 11.8 Å². The predicted octanol–water partition coefficient (Wildman–Crippen LogP) is 4.86. The van der Waals surface area contributed by atoms with Crippen molar-refractivity contribution in [3.05, 3.63) is 94.5 Å². The van der Waals surface area contributed by atoms with Crippen LogP contribution in [-0.4, -0.2) is 24.2 Å². The van der Waals surface area contributed by atoms with Gasteiger partial charge in [0.05, 0.1) is 24.1 Å². The van der Waals surface area contributed by atoms with Gasteiger partial charge in [-0.2, -0.15) is 0 Å². The van der Waals surface area contributed by atoms with Gasteiger partial charge in [-0.15, -0.1) is 0 Å². The number of carbonyl (C=O) groups excluding carboxylic acids is 3. The van der Waals surface area contributed by atoms with Gasteiger partial charge in [0, 0.05) is 16.9 Å². The Morgan fingerprint density at radius 1 is 0.941 bits per heavy atom. The summed E-state index contributed by atoms with van der Waals surface area (Å²) in [5.41, 5.74) is 4.64. The smallest absolute Gasteiger partial charge is 0.239 e. The summed E-state index contributed by atoms with van der Waals surface area (Å²) in [5.74, 6) is -1.37. The van der Waals surface area contributed by atoms with Gasteiger partial charge < -0.3 is 4.74 Å². The van der Waals surface area contributed by atoms with Crippen LogP contribution in [0.15, 0.2) is 66.7 Å². The van der Waals surface area contributed by atoms with Crippen LogP contribution in [0.3, 0.4) is 0 Å². The largest absolute Gasteiger partial charge is 0.492 e. The van der Waals surface area contributed by atoms with E-state index in [4.69, 9.17) is 4.74 Å². The Morgan fingerprint density at radius 3 is 2.15 bits per heavy atom. The topological polar surface area (TPSA) is 63.7 Å². The Kier molecular flexibility index (Phi) is 4.37. The molecular formula is C29H25NO4. The molecule has 1 aliphatic heterocycles. The number of rotatable bonds is 4. The number of benzene rings is 3. The average molecular weight is 452 g/mol. The fourth-order valence-electron chi connectivity index (χ4n) is 6.58. The number of nitrogens with zero attached hydrogens (tertiary/aromatic N) is 1. The molecule has 1 fully saturated rings. The number of ether oxygens (including phenoxy) is 1. The highest BCUT2D eigenvalue weighted by atomic mass is 16.5. The maximum atomic E-state index is 14.2. The van der Waals surface area contributed by atoms with Crippen molar-refractivity contribution in [2.24, 2.45) is 11.8 Å². The molecule has 2 atom stereocenters. The zero-order chi connectivity index (χ0) is 23.8. The number of amides is 2. The van der Waals surface area contributed by atoms with Crippen LogP contribution in [0, 0.1) is 11.8 Å². The monoisotopic (exact) mass is 451 g/mol. The summed E-state index contributed by atoms with van der Waals surface area (Å²) in [5, 5.41) is 0. The Labute approximate surface area is 198 Å². The van der Waals surface area contributed by atoms with Gasteiger partial charge in [-0.25, -0.2) is 4.90 Å². The first-order valence-electron chi connectivity index (χ1n) is 11.7. The zero-order valence-corrected chi connectivity index (χ0v) is 19.4. The number of hydrogen-bond donors (Lipinski definition) is 0. The minimum atomic E-state index is -0.627. The van der Waals surface area contributed by atoms with E-state index >= 15 is 0 Å². The van der Waals surface area contributed by atoms with Crippen LogP contribution in [0.4, 0.5) is 5.69 Å². The van der Waals surface area contributed by atoms with E-state index in [0.717, 1.165) is 22.3 Å². The van der Waals surface area contributed by atoms with Crippen molar-refractivity contribution in [3.8, 4) is 5.75 Å². The van der Waals surface area contributed by atoms with E-state index in [1.54, 1.807) is 18.2 Å². The Balaban J connectivity index is 1.58. The second kappa shape index (κ2) is 7.13. The molecule has 3 aliphatic carbocycles. The van der Waals surface area contributed by atoms with Gasteiger partial charge in [0.2, 0.25) is 11.8 Å². The van der Waals surface area contributed by atoms with E-state index in [0.29, 0.717) is 23.6 Å². The highest BCUT2D eigenvalue weighted by Crippen LogP contribution is 2.64. The Bertz CT molecular complexity index is 1340. The standard InChI is InChI=1S/C29H25NO4/c1-4-34-23-14-13-17(16(2)31)15-22(23)30-27(32)25-24-18-9-5-7-11-20(18)29(3,26(25)28(30)33)21-12-8-6-10-19(21)24/h5-15,24-26H,4H2,1-3H3/t24?,25-,26+,29?/m1/s1. The fraction of sp³-hybridized carbons (Fsp3) is 0.276. The summed E-state index contributed by atoms with van der Waals surface area (Å²) >= 11 is 0. The van der Waals surface area contributed by atoms with Gasteiger partial charge >= 0.3 is 0 Å². The van der Waals surface area contributed by atoms with Gasteiger partial charge in [0.15, 0.2) is 5.78 Å². The number of ketones is 1. The second-order valence-corrected chi connectivity index (χ2v) is 9.54. The molecule has 0 radical (unpaired) electrons. The molecule has 0 spiro atoms. The second-order valence-electron chi connectivity index (χ2n) is 9.54. The van der Waals surface area contributed by atoms with E-state index in [1.807, 2.05) is 31.2 Å². The maximum absolute atomic E-state index is 14.2. The van der Waals surface area contributed by atoms with Crippen LogP contribution >= 0.6 is 0 Å². The normalized spacial score (nSPS) is 26.2. The first kappa shape index (κ1) is 20.8. The molecular weight excluding hydrogens is 426 g/mol. The molecule has 0 N–H and O–H groups in total. The molecule has 0 unspecified atom stereocenters. The van der Waals surface area contributed by atoms with Gasteiger partial charge in [-0.3, -0.25) is 14.4 Å². The molecule has 1 saturated heterocycles. The van der Waals surface area contributed by atoms with Crippen molar-refractivity contribution < 1.29 is 19.1 Å². The minimum absolute atomic E-state index is 0.132. The summed E-state index contributed by atoms with van der Waals surface area (Å²) in [6, 6.07) is 21.4. The third-order valence-electron chi connectivity index (χ3n) is 7.95. The van der Waals surface area contributed by atoms with Crippen molar-refractivity contribution in [1.82, 2.24) is 0 Å². The SMILES string of the molecule is CCOc1ccc(C(C)=O)cc1N1C(=O)[C@@H]2C3c4ccccc4C(C)(c4ccccc43)[C@@H]2C1=O. The Hall–Kier alpha value is -3.73. The van der Waals surface area contributed by atoms with Crippen LogP contribution in [-0.2, 0) is 15.0 Å². The summed E-state index contributed by atoms with van der Waals surface area (Å²) in [6.07, 6.45) is 0. The lowest BCUT2D eigenvalue weighted by Crippen LogP contribution is -2.51. The van der Waals surface area contributed by atoms with Crippen LogP contribution in [0.2, 0.25) is 0 Å².